The van der Waals surface area contributed by atoms with Crippen molar-refractivity contribution in [2.24, 2.45) is 0 Å². The first-order valence-electron chi connectivity index (χ1n) is 10.4. The lowest BCUT2D eigenvalue weighted by Crippen LogP contribution is -2.60. The molecular weight excluding hydrogens is 468 g/mol. The molecule has 1 saturated heterocycles. The Morgan fingerprint density at radius 1 is 0.886 bits per heavy atom. The maximum atomic E-state index is 13.1. The first-order valence-corrected chi connectivity index (χ1v) is 10.4. The van der Waals surface area contributed by atoms with Crippen molar-refractivity contribution in [1.82, 2.24) is 0 Å². The summed E-state index contributed by atoms with van der Waals surface area (Å²) in [7, 11) is 2.69. The van der Waals surface area contributed by atoms with Gasteiger partial charge in [0.1, 0.15) is 52.6 Å². The minimum absolute atomic E-state index is 0.0588. The first kappa shape index (κ1) is 24.6. The van der Waals surface area contributed by atoms with E-state index in [0.29, 0.717) is 5.56 Å². The van der Waals surface area contributed by atoms with E-state index in [0.717, 1.165) is 12.1 Å². The predicted molar refractivity (Wildman–Crippen MR) is 119 cm³/mol. The zero-order valence-electron chi connectivity index (χ0n) is 18.6. The van der Waals surface area contributed by atoms with Crippen molar-refractivity contribution in [3.05, 3.63) is 40.6 Å². The van der Waals surface area contributed by atoms with Gasteiger partial charge in [-0.3, -0.25) is 4.79 Å². The van der Waals surface area contributed by atoms with Crippen LogP contribution in [-0.2, 0) is 4.74 Å². The van der Waals surface area contributed by atoms with E-state index in [1.165, 1.54) is 32.4 Å². The van der Waals surface area contributed by atoms with Crippen molar-refractivity contribution in [1.29, 1.82) is 0 Å². The molecule has 0 bridgehead atoms. The summed E-state index contributed by atoms with van der Waals surface area (Å²) in [5, 5.41) is 59.8. The highest BCUT2D eigenvalue weighted by Crippen LogP contribution is 2.41. The number of phenols is 2. The summed E-state index contributed by atoms with van der Waals surface area (Å²) in [6, 6.07) is 6.26. The Labute approximate surface area is 197 Å². The zero-order valence-corrected chi connectivity index (χ0v) is 18.6. The number of aliphatic hydroxyl groups is 4. The van der Waals surface area contributed by atoms with Crippen molar-refractivity contribution in [2.45, 2.75) is 30.7 Å². The second-order valence-electron chi connectivity index (χ2n) is 7.84. The number of hydrogen-bond donors (Lipinski definition) is 6. The van der Waals surface area contributed by atoms with Crippen molar-refractivity contribution in [3.63, 3.8) is 0 Å². The Bertz CT molecular complexity index is 1260. The average Bonchev–Trinajstić information content (AvgIpc) is 2.83. The standard InChI is InChI=1S/C23H24O12/c1-31-15-3-9(4-16(32-2)19(15)27)12-7-11(26)18-13(33-12)5-10(25)6-14(18)34-23-22(30)21(29)20(28)17(8-24)35-23/h3-7,17,20-25,27-30H,8H2,1-2H3/t17?,20-,21?,22-,23?/m1/s1. The molecule has 0 radical (unpaired) electrons. The Morgan fingerprint density at radius 3 is 2.14 bits per heavy atom. The minimum Gasteiger partial charge on any atom is -0.508 e. The molecule has 1 fully saturated rings. The average molecular weight is 492 g/mol. The predicted octanol–water partition coefficient (Wildman–Crippen LogP) is 0.0671. The summed E-state index contributed by atoms with van der Waals surface area (Å²) in [6.45, 7) is -0.670. The maximum Gasteiger partial charge on any atom is 0.229 e. The molecule has 1 aromatic heterocycles. The second-order valence-corrected chi connectivity index (χ2v) is 7.84. The van der Waals surface area contributed by atoms with E-state index >= 15 is 0 Å². The van der Waals surface area contributed by atoms with E-state index < -0.39 is 42.7 Å². The molecule has 4 rings (SSSR count). The maximum absolute atomic E-state index is 13.1. The zero-order chi connectivity index (χ0) is 25.4. The number of ether oxygens (including phenoxy) is 4. The number of methoxy groups -OCH3 is 2. The largest absolute Gasteiger partial charge is 0.508 e. The molecule has 1 aliphatic rings. The Morgan fingerprint density at radius 2 is 1.54 bits per heavy atom. The van der Waals surface area contributed by atoms with Crippen molar-refractivity contribution < 1.29 is 54.0 Å². The highest BCUT2D eigenvalue weighted by molar-refractivity contribution is 5.86. The number of rotatable bonds is 6. The van der Waals surface area contributed by atoms with Gasteiger partial charge >= 0.3 is 0 Å². The van der Waals surface area contributed by atoms with Gasteiger partial charge in [-0.05, 0) is 12.1 Å². The number of fused-ring (bicyclic) bond motifs is 1. The van der Waals surface area contributed by atoms with E-state index in [4.69, 9.17) is 23.4 Å². The summed E-state index contributed by atoms with van der Waals surface area (Å²) in [5.41, 5.74) is -0.347. The molecule has 188 valence electrons. The normalized spacial score (nSPS) is 24.3. The van der Waals surface area contributed by atoms with Crippen molar-refractivity contribution in [2.75, 3.05) is 20.8 Å². The van der Waals surface area contributed by atoms with Gasteiger partial charge in [0.05, 0.1) is 20.8 Å². The molecular formula is C23H24O12. The smallest absolute Gasteiger partial charge is 0.229 e. The first-order chi connectivity index (χ1) is 16.7. The van der Waals surface area contributed by atoms with Gasteiger partial charge in [0, 0.05) is 23.8 Å². The fourth-order valence-corrected chi connectivity index (χ4v) is 3.80. The van der Waals surface area contributed by atoms with Gasteiger partial charge in [-0.15, -0.1) is 0 Å². The van der Waals surface area contributed by atoms with Crippen molar-refractivity contribution >= 4 is 11.0 Å². The third-order valence-electron chi connectivity index (χ3n) is 5.64. The molecule has 35 heavy (non-hydrogen) atoms. The van der Waals surface area contributed by atoms with Crippen LogP contribution in [0.1, 0.15) is 0 Å². The molecule has 5 atom stereocenters. The van der Waals surface area contributed by atoms with E-state index in [9.17, 15) is 35.4 Å². The van der Waals surface area contributed by atoms with Crippen molar-refractivity contribution in [3.8, 4) is 40.1 Å². The molecule has 12 heteroatoms. The molecule has 12 nitrogen and oxygen atoms in total. The second kappa shape index (κ2) is 9.60. The number of benzene rings is 2. The summed E-state index contributed by atoms with van der Waals surface area (Å²) in [6.07, 6.45) is -7.84. The van der Waals surface area contributed by atoms with E-state index in [1.54, 1.807) is 0 Å². The van der Waals surface area contributed by atoms with Crippen LogP contribution in [0, 0.1) is 0 Å². The van der Waals surface area contributed by atoms with Gasteiger partial charge < -0.3 is 54.0 Å². The number of hydrogen-bond acceptors (Lipinski definition) is 12. The molecule has 3 unspecified atom stereocenters. The molecule has 1 aliphatic heterocycles. The molecule has 0 amide bonds. The van der Waals surface area contributed by atoms with Crippen LogP contribution < -0.4 is 19.6 Å². The summed E-state index contributed by atoms with van der Waals surface area (Å²) in [5.74, 6) is -0.615. The highest BCUT2D eigenvalue weighted by Gasteiger charge is 2.45. The molecule has 2 aromatic carbocycles. The van der Waals surface area contributed by atoms with Gasteiger partial charge in [-0.2, -0.15) is 0 Å². The van der Waals surface area contributed by atoms with Crippen LogP contribution in [0.2, 0.25) is 0 Å². The third kappa shape index (κ3) is 4.45. The Balaban J connectivity index is 1.78. The lowest BCUT2D eigenvalue weighted by Gasteiger charge is -2.39. The fraction of sp³-hybridized carbons (Fsp3) is 0.348. The van der Waals surface area contributed by atoms with Crippen LogP contribution in [0.4, 0.5) is 0 Å². The van der Waals surface area contributed by atoms with Gasteiger partial charge in [-0.1, -0.05) is 0 Å². The quantitative estimate of drug-likeness (QED) is 0.272. The topological polar surface area (TPSA) is 189 Å². The van der Waals surface area contributed by atoms with E-state index in [-0.39, 0.29) is 45.5 Å². The monoisotopic (exact) mass is 492 g/mol. The molecule has 0 saturated carbocycles. The summed E-state index contributed by atoms with van der Waals surface area (Å²) in [4.78, 5) is 13.1. The molecule has 6 N–H and O–H groups in total. The Kier molecular flexibility index (Phi) is 6.74. The van der Waals surface area contributed by atoms with Crippen LogP contribution in [0.25, 0.3) is 22.3 Å². The molecule has 0 spiro atoms. The minimum atomic E-state index is -1.73. The van der Waals surface area contributed by atoms with Crippen LogP contribution in [0.15, 0.2) is 39.5 Å². The van der Waals surface area contributed by atoms with Crippen LogP contribution in [-0.4, -0.2) is 82.2 Å². The van der Waals surface area contributed by atoms with Crippen LogP contribution >= 0.6 is 0 Å². The van der Waals surface area contributed by atoms with Gasteiger partial charge in [0.2, 0.25) is 12.0 Å². The summed E-state index contributed by atoms with van der Waals surface area (Å²) < 4.78 is 27.0. The SMILES string of the molecule is COc1cc(-c2cc(=O)c3c(OC4OC(CO)[C@@H](O)C(O)[C@H]4O)cc(O)cc3o2)cc(OC)c1O. The van der Waals surface area contributed by atoms with Gasteiger partial charge in [-0.25, -0.2) is 0 Å². The van der Waals surface area contributed by atoms with Crippen LogP contribution in [0.5, 0.6) is 28.7 Å². The van der Waals surface area contributed by atoms with E-state index in [1.807, 2.05) is 0 Å². The van der Waals surface area contributed by atoms with Crippen LogP contribution in [0.3, 0.4) is 0 Å². The lowest BCUT2D eigenvalue weighted by atomic mass is 9.99. The highest BCUT2D eigenvalue weighted by atomic mass is 16.7. The number of aromatic hydroxyl groups is 2. The fourth-order valence-electron chi connectivity index (χ4n) is 3.80. The van der Waals surface area contributed by atoms with E-state index in [2.05, 4.69) is 0 Å². The number of phenolic OH excluding ortho intramolecular Hbond substituents is 2. The molecule has 3 aromatic rings. The molecule has 2 heterocycles. The molecule has 0 aliphatic carbocycles. The number of aliphatic hydroxyl groups excluding tert-OH is 4. The van der Waals surface area contributed by atoms with Gasteiger partial charge in [0.15, 0.2) is 16.9 Å². The lowest BCUT2D eigenvalue weighted by molar-refractivity contribution is -0.277. The summed E-state index contributed by atoms with van der Waals surface area (Å²) >= 11 is 0. The Hall–Kier alpha value is -3.55. The van der Waals surface area contributed by atoms with Gasteiger partial charge in [0.25, 0.3) is 0 Å². The third-order valence-corrected chi connectivity index (χ3v) is 5.64.